The number of hydrogen-bond donors (Lipinski definition) is 0. The van der Waals surface area contributed by atoms with Crippen LogP contribution in [0.3, 0.4) is 0 Å². The van der Waals surface area contributed by atoms with Crippen molar-refractivity contribution >= 4 is 44.9 Å². The number of aromatic nitrogens is 5. The number of piperidine rings is 1. The molecule has 6 heterocycles. The first-order chi connectivity index (χ1) is 28.3. The molecular weight excluding hydrogens is 771 g/mol. The molecule has 12 nitrogen and oxygen atoms in total. The van der Waals surface area contributed by atoms with Crippen LogP contribution >= 0.6 is 23.1 Å². The van der Waals surface area contributed by atoms with Crippen LogP contribution in [0.2, 0.25) is 0 Å². The van der Waals surface area contributed by atoms with E-state index in [-0.39, 0.29) is 35.8 Å². The molecule has 1 amide bonds. The van der Waals surface area contributed by atoms with Gasteiger partial charge in [-0.25, -0.2) is 4.79 Å². The second-order valence-corrected chi connectivity index (χ2v) is 17.1. The Bertz CT molecular complexity index is 2640. The van der Waals surface area contributed by atoms with Gasteiger partial charge in [-0.2, -0.15) is 26.8 Å². The topological polar surface area (TPSA) is 126 Å². The highest BCUT2D eigenvalue weighted by atomic mass is 32.2. The number of aryl methyl sites for hydroxylation is 1. The Morgan fingerprint density at radius 2 is 1.72 bits per heavy atom. The van der Waals surface area contributed by atoms with Crippen LogP contribution in [0.5, 0.6) is 11.5 Å². The molecule has 3 aliphatic heterocycles. The third-order valence-corrected chi connectivity index (χ3v) is 13.8. The van der Waals surface area contributed by atoms with E-state index in [0.29, 0.717) is 72.2 Å². The minimum absolute atomic E-state index is 0.0756. The molecular formula is C44H45N7O5S2. The number of likely N-dealkylation sites (tertiary alicyclic amines) is 1. The highest BCUT2D eigenvalue weighted by Gasteiger charge is 2.35. The highest BCUT2D eigenvalue weighted by Crippen LogP contribution is 2.44. The maximum Gasteiger partial charge on any atom is 0.332 e. The van der Waals surface area contributed by atoms with Gasteiger partial charge in [0.05, 0.1) is 50.3 Å². The predicted molar refractivity (Wildman–Crippen MR) is 229 cm³/mol. The average molecular weight is 816 g/mol. The van der Waals surface area contributed by atoms with E-state index in [0.717, 1.165) is 51.0 Å². The number of carbonyl (C=O) groups excluding carboxylic acids is 1. The van der Waals surface area contributed by atoms with Gasteiger partial charge in [-0.3, -0.25) is 23.7 Å². The van der Waals surface area contributed by atoms with E-state index < -0.39 is 0 Å². The number of methoxy groups -OCH3 is 1. The third-order valence-electron chi connectivity index (χ3n) is 11.5. The lowest BCUT2D eigenvalue weighted by molar-refractivity contribution is 0.0691. The summed E-state index contributed by atoms with van der Waals surface area (Å²) in [5.74, 6) is 3.76. The standard InChI is InChI=1S/C44H45N7O5S2/c1-4-50-45-24-30(47-50)25-49-36-23-39(27-9-7-6-8-10-27)58-41(36)43(53)51(44(49)54)31-15-18-48(19-16-31)42(52)29-13-11-28(12-14-29)40-33-22-37(55-3)38(56-5-2)21-32(33)34-26-57-20-17-35(34)46-40/h6-14,21-24,31,34-35H,4-5,15-20,25-26H2,1-3H3/t34-,35-/m1/s1. The Morgan fingerprint density at radius 3 is 2.45 bits per heavy atom. The van der Waals surface area contributed by atoms with Gasteiger partial charge in [-0.05, 0) is 80.3 Å². The zero-order valence-electron chi connectivity index (χ0n) is 32.8. The maximum atomic E-state index is 14.3. The van der Waals surface area contributed by atoms with Crippen molar-refractivity contribution < 1.29 is 14.3 Å². The summed E-state index contributed by atoms with van der Waals surface area (Å²) in [6.45, 7) is 6.12. The first-order valence-electron chi connectivity index (χ1n) is 20.0. The fourth-order valence-corrected chi connectivity index (χ4v) is 10.9. The third kappa shape index (κ3) is 6.95. The SMILES string of the molecule is CCOc1cc2c(cc1OC)C(c1ccc(C(=O)N3CCC(n4c(=O)c5sc(-c6ccccc6)cc5n(Cc5cnn(CC)n5)c4=O)CC3)cc1)=N[C@@H]1CCSC[C@H]21. The van der Waals surface area contributed by atoms with Crippen molar-refractivity contribution in [3.05, 3.63) is 128 Å². The number of nitrogens with zero attached hydrogens (tertiary/aromatic N) is 7. The molecule has 298 valence electrons. The average Bonchev–Trinajstić information content (AvgIpc) is 3.93. The first-order valence-corrected chi connectivity index (χ1v) is 22.0. The van der Waals surface area contributed by atoms with E-state index in [1.165, 1.54) is 21.5 Å². The van der Waals surface area contributed by atoms with E-state index in [2.05, 4.69) is 16.3 Å². The molecule has 2 fully saturated rings. The lowest BCUT2D eigenvalue weighted by Gasteiger charge is -2.35. The lowest BCUT2D eigenvalue weighted by atomic mass is 9.81. The molecule has 0 saturated carbocycles. The minimum atomic E-state index is -0.376. The zero-order valence-corrected chi connectivity index (χ0v) is 34.4. The first kappa shape index (κ1) is 38.1. The monoisotopic (exact) mass is 815 g/mol. The molecule has 0 spiro atoms. The van der Waals surface area contributed by atoms with Gasteiger partial charge >= 0.3 is 5.69 Å². The molecule has 0 unspecified atom stereocenters. The van der Waals surface area contributed by atoms with Crippen molar-refractivity contribution in [2.45, 2.75) is 64.2 Å². The molecule has 0 N–H and O–H groups in total. The Hall–Kier alpha value is -5.47. The number of hydrogen-bond acceptors (Lipinski definition) is 10. The van der Waals surface area contributed by atoms with Crippen LogP contribution < -0.4 is 20.7 Å². The van der Waals surface area contributed by atoms with Crippen LogP contribution in [0.15, 0.2) is 93.6 Å². The van der Waals surface area contributed by atoms with E-state index in [9.17, 15) is 14.4 Å². The summed E-state index contributed by atoms with van der Waals surface area (Å²) < 4.78 is 15.3. The largest absolute Gasteiger partial charge is 0.493 e. The zero-order chi connectivity index (χ0) is 39.9. The van der Waals surface area contributed by atoms with Crippen molar-refractivity contribution in [2.24, 2.45) is 4.99 Å². The fraction of sp³-hybridized carbons (Fsp3) is 0.364. The molecule has 14 heteroatoms. The van der Waals surface area contributed by atoms with Gasteiger partial charge in [0.1, 0.15) is 10.4 Å². The quantitative estimate of drug-likeness (QED) is 0.147. The number of thioether (sulfide) groups is 1. The van der Waals surface area contributed by atoms with Crippen molar-refractivity contribution in [3.8, 4) is 21.9 Å². The van der Waals surface area contributed by atoms with Crippen LogP contribution in [-0.4, -0.2) is 85.0 Å². The van der Waals surface area contributed by atoms with Crippen molar-refractivity contribution in [1.82, 2.24) is 29.0 Å². The Morgan fingerprint density at radius 1 is 0.931 bits per heavy atom. The molecule has 3 aromatic heterocycles. The molecule has 6 aromatic rings. The normalized spacial score (nSPS) is 18.1. The molecule has 9 rings (SSSR count). The smallest absolute Gasteiger partial charge is 0.332 e. The molecule has 0 aliphatic carbocycles. The van der Waals surface area contributed by atoms with Crippen LogP contribution in [-0.2, 0) is 13.1 Å². The molecule has 0 bridgehead atoms. The summed E-state index contributed by atoms with van der Waals surface area (Å²) in [4.78, 5) is 52.1. The summed E-state index contributed by atoms with van der Waals surface area (Å²) in [6, 6.07) is 23.6. The van der Waals surface area contributed by atoms with Crippen molar-refractivity contribution in [1.29, 1.82) is 0 Å². The molecule has 0 radical (unpaired) electrons. The Kier molecular flexibility index (Phi) is 10.5. The van der Waals surface area contributed by atoms with Crippen LogP contribution in [0, 0.1) is 0 Å². The number of aliphatic imine (C=N–C) groups is 1. The van der Waals surface area contributed by atoms with Crippen molar-refractivity contribution in [2.75, 3.05) is 38.3 Å². The van der Waals surface area contributed by atoms with Gasteiger partial charge in [0.25, 0.3) is 11.5 Å². The Labute approximate surface area is 344 Å². The molecule has 3 aromatic carbocycles. The van der Waals surface area contributed by atoms with E-state index in [4.69, 9.17) is 14.5 Å². The fourth-order valence-electron chi connectivity index (χ4n) is 8.54. The second-order valence-electron chi connectivity index (χ2n) is 14.9. The van der Waals surface area contributed by atoms with Gasteiger partial charge in [0, 0.05) is 52.4 Å². The van der Waals surface area contributed by atoms with Gasteiger partial charge in [-0.1, -0.05) is 42.5 Å². The van der Waals surface area contributed by atoms with Gasteiger partial charge < -0.3 is 14.4 Å². The summed E-state index contributed by atoms with van der Waals surface area (Å²) in [6.07, 6.45) is 3.64. The molecule has 58 heavy (non-hydrogen) atoms. The van der Waals surface area contributed by atoms with Gasteiger partial charge in [0.2, 0.25) is 0 Å². The minimum Gasteiger partial charge on any atom is -0.493 e. The van der Waals surface area contributed by atoms with Gasteiger partial charge in [-0.15, -0.1) is 11.3 Å². The summed E-state index contributed by atoms with van der Waals surface area (Å²) >= 11 is 3.37. The lowest BCUT2D eigenvalue weighted by Crippen LogP contribution is -2.46. The summed E-state index contributed by atoms with van der Waals surface area (Å²) in [5, 5.41) is 8.85. The number of amides is 1. The van der Waals surface area contributed by atoms with Crippen LogP contribution in [0.25, 0.3) is 20.7 Å². The van der Waals surface area contributed by atoms with E-state index in [1.54, 1.807) is 22.7 Å². The van der Waals surface area contributed by atoms with E-state index >= 15 is 0 Å². The van der Waals surface area contributed by atoms with E-state index in [1.807, 2.05) is 97.2 Å². The molecule has 2 atom stereocenters. The Balaban J connectivity index is 0.967. The number of thiophene rings is 1. The molecule has 2 saturated heterocycles. The number of fused-ring (bicyclic) bond motifs is 4. The number of benzene rings is 3. The second kappa shape index (κ2) is 16.1. The maximum absolute atomic E-state index is 14.3. The predicted octanol–water partition coefficient (Wildman–Crippen LogP) is 6.88. The summed E-state index contributed by atoms with van der Waals surface area (Å²) in [5.41, 5.74) is 6.27. The van der Waals surface area contributed by atoms with Gasteiger partial charge in [0.15, 0.2) is 11.5 Å². The van der Waals surface area contributed by atoms with Crippen LogP contribution in [0.4, 0.5) is 0 Å². The number of rotatable bonds is 10. The number of carbonyl (C=O) groups is 1. The molecule has 3 aliphatic rings. The number of ether oxygens (including phenoxy) is 2. The summed E-state index contributed by atoms with van der Waals surface area (Å²) in [7, 11) is 1.66. The highest BCUT2D eigenvalue weighted by molar-refractivity contribution is 7.99. The van der Waals surface area contributed by atoms with Crippen LogP contribution in [0.1, 0.15) is 77.8 Å². The van der Waals surface area contributed by atoms with Crippen molar-refractivity contribution in [3.63, 3.8) is 0 Å².